The highest BCUT2D eigenvalue weighted by Gasteiger charge is 2.11. The first-order chi connectivity index (χ1) is 9.24. The number of amides is 1. The molecular weight excluding hydrogens is 244 g/mol. The summed E-state index contributed by atoms with van der Waals surface area (Å²) in [6, 6.07) is 7.39. The minimum atomic E-state index is -0.257. The van der Waals surface area contributed by atoms with Gasteiger partial charge in [-0.05, 0) is 19.1 Å². The van der Waals surface area contributed by atoms with Crippen LogP contribution in [-0.4, -0.2) is 20.7 Å². The lowest BCUT2D eigenvalue weighted by Crippen LogP contribution is -2.22. The number of pyridine rings is 1. The molecule has 0 atom stereocenters. The molecule has 3 aromatic heterocycles. The number of aryl methyl sites for hydroxylation is 1. The SMILES string of the molecule is Cc1cc(C(=O)NCc2cnn3ccccc23)no1. The molecule has 0 saturated heterocycles. The Kier molecular flexibility index (Phi) is 2.75. The second-order valence-corrected chi connectivity index (χ2v) is 4.21. The average molecular weight is 256 g/mol. The summed E-state index contributed by atoms with van der Waals surface area (Å²) in [6.45, 7) is 2.15. The lowest BCUT2D eigenvalue weighted by molar-refractivity contribution is 0.0942. The number of rotatable bonds is 3. The molecule has 0 radical (unpaired) electrons. The van der Waals surface area contributed by atoms with Gasteiger partial charge in [0.1, 0.15) is 5.76 Å². The monoisotopic (exact) mass is 256 g/mol. The van der Waals surface area contributed by atoms with E-state index in [0.29, 0.717) is 12.3 Å². The molecule has 0 fully saturated rings. The van der Waals surface area contributed by atoms with E-state index in [0.717, 1.165) is 11.1 Å². The van der Waals surface area contributed by atoms with Crippen molar-refractivity contribution in [2.45, 2.75) is 13.5 Å². The number of carbonyl (C=O) groups is 1. The Balaban J connectivity index is 1.74. The zero-order chi connectivity index (χ0) is 13.2. The van der Waals surface area contributed by atoms with Gasteiger partial charge in [-0.3, -0.25) is 4.79 Å². The summed E-state index contributed by atoms with van der Waals surface area (Å²) in [4.78, 5) is 11.8. The van der Waals surface area contributed by atoms with Gasteiger partial charge >= 0.3 is 0 Å². The fourth-order valence-electron chi connectivity index (χ4n) is 1.86. The molecule has 3 aromatic rings. The third-order valence-electron chi connectivity index (χ3n) is 2.81. The van der Waals surface area contributed by atoms with Crippen LogP contribution in [0.3, 0.4) is 0 Å². The third kappa shape index (κ3) is 2.20. The molecule has 6 nitrogen and oxygen atoms in total. The number of carbonyl (C=O) groups excluding carboxylic acids is 1. The molecule has 19 heavy (non-hydrogen) atoms. The molecule has 0 aliphatic heterocycles. The van der Waals surface area contributed by atoms with E-state index in [-0.39, 0.29) is 11.6 Å². The lowest BCUT2D eigenvalue weighted by Gasteiger charge is -2.01. The Hall–Kier alpha value is -2.63. The van der Waals surface area contributed by atoms with Gasteiger partial charge in [0.2, 0.25) is 0 Å². The van der Waals surface area contributed by atoms with Crippen LogP contribution in [0.5, 0.6) is 0 Å². The van der Waals surface area contributed by atoms with Crippen molar-refractivity contribution in [2.75, 3.05) is 0 Å². The van der Waals surface area contributed by atoms with Crippen LogP contribution < -0.4 is 5.32 Å². The quantitative estimate of drug-likeness (QED) is 0.771. The fraction of sp³-hybridized carbons (Fsp3) is 0.154. The first-order valence-corrected chi connectivity index (χ1v) is 5.87. The average Bonchev–Trinajstić information content (AvgIpc) is 3.02. The standard InChI is InChI=1S/C13H12N4O2/c1-9-6-11(16-19-9)13(18)14-7-10-8-15-17-5-3-2-4-12(10)17/h2-6,8H,7H2,1H3,(H,14,18). The van der Waals surface area contributed by atoms with E-state index in [2.05, 4.69) is 15.6 Å². The van der Waals surface area contributed by atoms with Crippen molar-refractivity contribution in [1.82, 2.24) is 20.1 Å². The first-order valence-electron chi connectivity index (χ1n) is 5.87. The van der Waals surface area contributed by atoms with E-state index in [1.165, 1.54) is 0 Å². The Morgan fingerprint density at radius 2 is 2.37 bits per heavy atom. The maximum atomic E-state index is 11.8. The Morgan fingerprint density at radius 3 is 3.16 bits per heavy atom. The molecule has 96 valence electrons. The largest absolute Gasteiger partial charge is 0.361 e. The van der Waals surface area contributed by atoms with Crippen molar-refractivity contribution in [3.05, 3.63) is 53.7 Å². The highest BCUT2D eigenvalue weighted by atomic mass is 16.5. The van der Waals surface area contributed by atoms with Gasteiger partial charge in [-0.2, -0.15) is 5.10 Å². The second kappa shape index (κ2) is 4.56. The molecule has 0 spiro atoms. The molecule has 0 aromatic carbocycles. The van der Waals surface area contributed by atoms with Crippen LogP contribution in [0.2, 0.25) is 0 Å². The van der Waals surface area contributed by atoms with Gasteiger partial charge in [0, 0.05) is 24.4 Å². The summed E-state index contributed by atoms with van der Waals surface area (Å²) >= 11 is 0. The van der Waals surface area contributed by atoms with Crippen molar-refractivity contribution in [1.29, 1.82) is 0 Å². The van der Waals surface area contributed by atoms with Gasteiger partial charge in [0.05, 0.1) is 11.7 Å². The number of fused-ring (bicyclic) bond motifs is 1. The highest BCUT2D eigenvalue weighted by Crippen LogP contribution is 2.09. The van der Waals surface area contributed by atoms with E-state index in [4.69, 9.17) is 4.52 Å². The third-order valence-corrected chi connectivity index (χ3v) is 2.81. The fourth-order valence-corrected chi connectivity index (χ4v) is 1.86. The summed E-state index contributed by atoms with van der Waals surface area (Å²) in [5, 5.41) is 10.7. The van der Waals surface area contributed by atoms with Crippen LogP contribution >= 0.6 is 0 Å². The number of hydrogen-bond donors (Lipinski definition) is 1. The van der Waals surface area contributed by atoms with Crippen LogP contribution in [0.4, 0.5) is 0 Å². The van der Waals surface area contributed by atoms with Crippen molar-refractivity contribution in [3.63, 3.8) is 0 Å². The summed E-state index contributed by atoms with van der Waals surface area (Å²) in [5.74, 6) is 0.355. The zero-order valence-corrected chi connectivity index (χ0v) is 10.3. The maximum Gasteiger partial charge on any atom is 0.273 e. The number of aromatic nitrogens is 3. The molecule has 0 saturated carbocycles. The molecule has 0 unspecified atom stereocenters. The number of nitrogens with one attached hydrogen (secondary N) is 1. The summed E-state index contributed by atoms with van der Waals surface area (Å²) in [5.41, 5.74) is 2.21. The smallest absolute Gasteiger partial charge is 0.273 e. The predicted octanol–water partition coefficient (Wildman–Crippen LogP) is 1.56. The van der Waals surface area contributed by atoms with Crippen LogP contribution in [-0.2, 0) is 6.54 Å². The molecule has 6 heteroatoms. The predicted molar refractivity (Wildman–Crippen MR) is 67.6 cm³/mol. The van der Waals surface area contributed by atoms with Gasteiger partial charge in [-0.25, -0.2) is 4.52 Å². The van der Waals surface area contributed by atoms with Crippen LogP contribution in [0.1, 0.15) is 21.8 Å². The van der Waals surface area contributed by atoms with Crippen molar-refractivity contribution in [2.24, 2.45) is 0 Å². The van der Waals surface area contributed by atoms with Crippen molar-refractivity contribution >= 4 is 11.4 Å². The van der Waals surface area contributed by atoms with Gasteiger partial charge < -0.3 is 9.84 Å². The van der Waals surface area contributed by atoms with Gasteiger partial charge in [-0.1, -0.05) is 11.2 Å². The molecular formula is C13H12N4O2. The molecule has 3 rings (SSSR count). The van der Waals surface area contributed by atoms with E-state index >= 15 is 0 Å². The van der Waals surface area contributed by atoms with E-state index < -0.39 is 0 Å². The highest BCUT2D eigenvalue weighted by molar-refractivity contribution is 5.92. The minimum absolute atomic E-state index is 0.257. The lowest BCUT2D eigenvalue weighted by atomic mass is 10.2. The molecule has 0 bridgehead atoms. The Morgan fingerprint density at radius 1 is 1.47 bits per heavy atom. The Bertz CT molecular complexity index is 729. The maximum absolute atomic E-state index is 11.8. The number of nitrogens with zero attached hydrogens (tertiary/aromatic N) is 3. The molecule has 0 aliphatic carbocycles. The summed E-state index contributed by atoms with van der Waals surface area (Å²) in [6.07, 6.45) is 3.60. The molecule has 0 aliphatic rings. The number of hydrogen-bond acceptors (Lipinski definition) is 4. The molecule has 1 amide bonds. The minimum Gasteiger partial charge on any atom is -0.361 e. The molecule has 3 heterocycles. The first kappa shape index (κ1) is 11.5. The normalized spacial score (nSPS) is 10.8. The van der Waals surface area contributed by atoms with Crippen molar-refractivity contribution < 1.29 is 9.32 Å². The van der Waals surface area contributed by atoms with Crippen LogP contribution in [0, 0.1) is 6.92 Å². The van der Waals surface area contributed by atoms with E-state index in [1.807, 2.05) is 24.4 Å². The summed E-state index contributed by atoms with van der Waals surface area (Å²) in [7, 11) is 0. The van der Waals surface area contributed by atoms with Gasteiger partial charge in [-0.15, -0.1) is 0 Å². The van der Waals surface area contributed by atoms with E-state index in [9.17, 15) is 4.79 Å². The van der Waals surface area contributed by atoms with Crippen LogP contribution in [0.25, 0.3) is 5.52 Å². The van der Waals surface area contributed by atoms with Crippen molar-refractivity contribution in [3.8, 4) is 0 Å². The van der Waals surface area contributed by atoms with E-state index in [1.54, 1.807) is 23.7 Å². The summed E-state index contributed by atoms with van der Waals surface area (Å²) < 4.78 is 6.63. The van der Waals surface area contributed by atoms with Gasteiger partial charge in [0.15, 0.2) is 5.69 Å². The topological polar surface area (TPSA) is 72.4 Å². The molecule has 1 N–H and O–H groups in total. The van der Waals surface area contributed by atoms with Crippen LogP contribution in [0.15, 0.2) is 41.2 Å². The zero-order valence-electron chi connectivity index (χ0n) is 10.3. The van der Waals surface area contributed by atoms with Gasteiger partial charge in [0.25, 0.3) is 5.91 Å². The Labute approximate surface area is 109 Å². The second-order valence-electron chi connectivity index (χ2n) is 4.21.